The van der Waals surface area contributed by atoms with Crippen molar-refractivity contribution in [3.8, 4) is 0 Å². The summed E-state index contributed by atoms with van der Waals surface area (Å²) in [5.74, 6) is -0.352. The molecule has 0 spiro atoms. The number of hydrogen-bond donors (Lipinski definition) is 2. The number of carbonyl (C=O) groups is 2. The van der Waals surface area contributed by atoms with Gasteiger partial charge >= 0.3 is 0 Å². The molecule has 2 amide bonds. The zero-order chi connectivity index (χ0) is 13.5. The molecule has 4 heteroatoms. The fourth-order valence-corrected chi connectivity index (χ4v) is 1.74. The Labute approximate surface area is 108 Å². The molecule has 4 nitrogen and oxygen atoms in total. The van der Waals surface area contributed by atoms with Crippen molar-refractivity contribution < 1.29 is 9.59 Å². The Bertz CT molecular complexity index is 402. The number of benzene rings is 1. The number of primary amides is 1. The lowest BCUT2D eigenvalue weighted by molar-refractivity contribution is -0.127. The summed E-state index contributed by atoms with van der Waals surface area (Å²) >= 11 is 0. The fraction of sp³-hybridized carbons (Fsp3) is 0.429. The van der Waals surface area contributed by atoms with Gasteiger partial charge < -0.3 is 11.1 Å². The quantitative estimate of drug-likeness (QED) is 0.795. The van der Waals surface area contributed by atoms with E-state index >= 15 is 0 Å². The number of nitrogens with one attached hydrogen (secondary N) is 1. The number of hydrogen-bond acceptors (Lipinski definition) is 2. The summed E-state index contributed by atoms with van der Waals surface area (Å²) in [5, 5.41) is 2.68. The third kappa shape index (κ3) is 4.99. The number of carbonyl (C=O) groups excluding carboxylic acids is 2. The van der Waals surface area contributed by atoms with Crippen LogP contribution in [0.2, 0.25) is 0 Å². The molecule has 0 heterocycles. The van der Waals surface area contributed by atoms with E-state index in [4.69, 9.17) is 5.73 Å². The normalized spacial score (nSPS) is 12.2. The minimum absolute atomic E-state index is 0.175. The molecule has 0 aromatic heterocycles. The van der Waals surface area contributed by atoms with E-state index in [2.05, 4.69) is 5.32 Å². The fourth-order valence-electron chi connectivity index (χ4n) is 1.74. The highest BCUT2D eigenvalue weighted by molar-refractivity contribution is 5.87. The van der Waals surface area contributed by atoms with E-state index in [1.165, 1.54) is 0 Å². The number of rotatable bonds is 6. The molecule has 1 aromatic carbocycles. The van der Waals surface area contributed by atoms with Crippen LogP contribution in [0.3, 0.4) is 0 Å². The molecule has 0 saturated heterocycles. The molecule has 1 rings (SSSR count). The van der Waals surface area contributed by atoms with Gasteiger partial charge in [-0.1, -0.05) is 44.2 Å². The highest BCUT2D eigenvalue weighted by Gasteiger charge is 2.19. The van der Waals surface area contributed by atoms with Crippen molar-refractivity contribution in [2.24, 2.45) is 11.7 Å². The lowest BCUT2D eigenvalue weighted by atomic mass is 10.0. The minimum Gasteiger partial charge on any atom is -0.368 e. The first kappa shape index (κ1) is 14.2. The standard InChI is InChI=1S/C14H20N2O2/c1-10(2)8-12(14(15)18)16-13(17)9-11-6-4-3-5-7-11/h3-7,10,12H,8-9H2,1-2H3,(H2,15,18)(H,16,17)/t12-/m0/s1. The van der Waals surface area contributed by atoms with Crippen LogP contribution in [-0.2, 0) is 16.0 Å². The molecule has 1 atom stereocenters. The molecule has 0 unspecified atom stereocenters. The third-order valence-corrected chi connectivity index (χ3v) is 2.59. The van der Waals surface area contributed by atoms with Gasteiger partial charge in [0.05, 0.1) is 6.42 Å². The predicted molar refractivity (Wildman–Crippen MR) is 70.7 cm³/mol. The summed E-state index contributed by atoms with van der Waals surface area (Å²) in [6.07, 6.45) is 0.832. The summed E-state index contributed by atoms with van der Waals surface area (Å²) in [4.78, 5) is 23.0. The van der Waals surface area contributed by atoms with Crippen molar-refractivity contribution >= 4 is 11.8 Å². The summed E-state index contributed by atoms with van der Waals surface area (Å²) in [5.41, 5.74) is 6.19. The van der Waals surface area contributed by atoms with Gasteiger partial charge in [0.2, 0.25) is 11.8 Å². The van der Waals surface area contributed by atoms with Crippen LogP contribution in [0, 0.1) is 5.92 Å². The Kier molecular flexibility index (Phi) is 5.36. The van der Waals surface area contributed by atoms with E-state index in [-0.39, 0.29) is 12.3 Å². The van der Waals surface area contributed by atoms with E-state index in [1.54, 1.807) is 0 Å². The minimum atomic E-state index is -0.582. The van der Waals surface area contributed by atoms with Crippen molar-refractivity contribution in [3.63, 3.8) is 0 Å². The van der Waals surface area contributed by atoms with Gasteiger partial charge in [-0.15, -0.1) is 0 Å². The first-order valence-electron chi connectivity index (χ1n) is 6.11. The summed E-state index contributed by atoms with van der Waals surface area (Å²) in [7, 11) is 0. The van der Waals surface area contributed by atoms with Crippen molar-refractivity contribution in [3.05, 3.63) is 35.9 Å². The average molecular weight is 248 g/mol. The molecule has 0 fully saturated rings. The Morgan fingerprint density at radius 2 is 1.83 bits per heavy atom. The first-order valence-corrected chi connectivity index (χ1v) is 6.11. The van der Waals surface area contributed by atoms with Crippen LogP contribution in [0.5, 0.6) is 0 Å². The van der Waals surface area contributed by atoms with Crippen LogP contribution in [0.1, 0.15) is 25.8 Å². The molecule has 0 aliphatic rings. The number of nitrogens with two attached hydrogens (primary N) is 1. The molecule has 0 radical (unpaired) electrons. The van der Waals surface area contributed by atoms with Crippen LogP contribution in [0.4, 0.5) is 0 Å². The largest absolute Gasteiger partial charge is 0.368 e. The Morgan fingerprint density at radius 3 is 2.33 bits per heavy atom. The van der Waals surface area contributed by atoms with Gasteiger partial charge in [-0.2, -0.15) is 0 Å². The smallest absolute Gasteiger partial charge is 0.240 e. The summed E-state index contributed by atoms with van der Waals surface area (Å²) in [6.45, 7) is 3.97. The molecule has 3 N–H and O–H groups in total. The van der Waals surface area contributed by atoms with E-state index in [1.807, 2.05) is 44.2 Å². The Hall–Kier alpha value is -1.84. The zero-order valence-corrected chi connectivity index (χ0v) is 10.8. The maximum absolute atomic E-state index is 11.8. The monoisotopic (exact) mass is 248 g/mol. The molecule has 0 saturated carbocycles. The molecule has 18 heavy (non-hydrogen) atoms. The van der Waals surface area contributed by atoms with Crippen molar-refractivity contribution in [2.75, 3.05) is 0 Å². The van der Waals surface area contributed by atoms with Gasteiger partial charge in [0.25, 0.3) is 0 Å². The molecule has 0 bridgehead atoms. The van der Waals surface area contributed by atoms with Crippen LogP contribution >= 0.6 is 0 Å². The Balaban J connectivity index is 2.54. The van der Waals surface area contributed by atoms with E-state index < -0.39 is 11.9 Å². The first-order chi connectivity index (χ1) is 8.49. The molecular formula is C14H20N2O2. The lowest BCUT2D eigenvalue weighted by Gasteiger charge is -2.17. The highest BCUT2D eigenvalue weighted by Crippen LogP contribution is 2.05. The van der Waals surface area contributed by atoms with Crippen LogP contribution in [-0.4, -0.2) is 17.9 Å². The maximum Gasteiger partial charge on any atom is 0.240 e. The van der Waals surface area contributed by atoms with Gasteiger partial charge in [-0.05, 0) is 17.9 Å². The van der Waals surface area contributed by atoms with Crippen molar-refractivity contribution in [2.45, 2.75) is 32.7 Å². The second-order valence-electron chi connectivity index (χ2n) is 4.81. The van der Waals surface area contributed by atoms with Crippen LogP contribution < -0.4 is 11.1 Å². The summed E-state index contributed by atoms with van der Waals surface area (Å²) in [6, 6.07) is 8.82. The molecule has 1 aromatic rings. The summed E-state index contributed by atoms with van der Waals surface area (Å²) < 4.78 is 0. The number of amides is 2. The topological polar surface area (TPSA) is 72.2 Å². The van der Waals surface area contributed by atoms with Gasteiger partial charge in [0, 0.05) is 0 Å². The van der Waals surface area contributed by atoms with Gasteiger partial charge in [0.1, 0.15) is 6.04 Å². The molecular weight excluding hydrogens is 228 g/mol. The van der Waals surface area contributed by atoms with E-state index in [0.29, 0.717) is 12.3 Å². The van der Waals surface area contributed by atoms with Gasteiger partial charge in [-0.3, -0.25) is 9.59 Å². The Morgan fingerprint density at radius 1 is 1.22 bits per heavy atom. The lowest BCUT2D eigenvalue weighted by Crippen LogP contribution is -2.45. The van der Waals surface area contributed by atoms with Crippen molar-refractivity contribution in [1.29, 1.82) is 0 Å². The molecule has 0 aliphatic carbocycles. The molecule has 0 aliphatic heterocycles. The molecule has 98 valence electrons. The second-order valence-corrected chi connectivity index (χ2v) is 4.81. The van der Waals surface area contributed by atoms with Crippen LogP contribution in [0.25, 0.3) is 0 Å². The zero-order valence-electron chi connectivity index (χ0n) is 10.8. The highest BCUT2D eigenvalue weighted by atomic mass is 16.2. The van der Waals surface area contributed by atoms with Gasteiger partial charge in [-0.25, -0.2) is 0 Å². The van der Waals surface area contributed by atoms with Gasteiger partial charge in [0.15, 0.2) is 0 Å². The van der Waals surface area contributed by atoms with E-state index in [9.17, 15) is 9.59 Å². The average Bonchev–Trinajstić information content (AvgIpc) is 2.28. The van der Waals surface area contributed by atoms with Crippen molar-refractivity contribution in [1.82, 2.24) is 5.32 Å². The SMILES string of the molecule is CC(C)C[C@H](NC(=O)Cc1ccccc1)C(N)=O. The third-order valence-electron chi connectivity index (χ3n) is 2.59. The van der Waals surface area contributed by atoms with Crippen LogP contribution in [0.15, 0.2) is 30.3 Å². The maximum atomic E-state index is 11.8. The predicted octanol–water partition coefficient (Wildman–Crippen LogP) is 1.25. The van der Waals surface area contributed by atoms with E-state index in [0.717, 1.165) is 5.56 Å². The second kappa shape index (κ2) is 6.79.